The maximum absolute atomic E-state index is 14.1. The molecule has 1 aromatic rings. The molecule has 8 nitrogen and oxygen atoms in total. The first-order valence-electron chi connectivity index (χ1n) is 7.45. The Bertz CT molecular complexity index is 696. The lowest BCUT2D eigenvalue weighted by molar-refractivity contribution is -0.147. The molecule has 1 aromatic carbocycles. The van der Waals surface area contributed by atoms with E-state index in [-0.39, 0.29) is 31.4 Å². The van der Waals surface area contributed by atoms with Gasteiger partial charge in [0.15, 0.2) is 6.04 Å². The third kappa shape index (κ3) is 2.90. The van der Waals surface area contributed by atoms with Crippen LogP contribution >= 0.6 is 0 Å². The second-order valence-electron chi connectivity index (χ2n) is 5.48. The Balaban J connectivity index is 1.91. The monoisotopic (exact) mass is 337 g/mol. The molecule has 3 amide bonds. The molecule has 0 spiro atoms. The molecule has 9 heteroatoms. The van der Waals surface area contributed by atoms with E-state index in [9.17, 15) is 23.9 Å². The van der Waals surface area contributed by atoms with Gasteiger partial charge in [-0.05, 0) is 18.2 Å². The lowest BCUT2D eigenvalue weighted by atomic mass is 10.1. The van der Waals surface area contributed by atoms with Gasteiger partial charge in [-0.15, -0.1) is 0 Å². The lowest BCUT2D eigenvalue weighted by Gasteiger charge is -2.33. The van der Waals surface area contributed by atoms with Crippen molar-refractivity contribution in [3.05, 3.63) is 29.6 Å². The summed E-state index contributed by atoms with van der Waals surface area (Å²) in [5.74, 6) is -2.71. The molecule has 2 N–H and O–H groups in total. The number of urea groups is 1. The number of carboxylic acids is 1. The van der Waals surface area contributed by atoms with Gasteiger partial charge in [0.2, 0.25) is 0 Å². The molecule has 0 radical (unpaired) electrons. The minimum absolute atomic E-state index is 0.0592. The average molecular weight is 337 g/mol. The zero-order valence-electron chi connectivity index (χ0n) is 12.7. The number of benzene rings is 1. The first-order valence-corrected chi connectivity index (χ1v) is 7.45. The summed E-state index contributed by atoms with van der Waals surface area (Å²) in [4.78, 5) is 38.1. The Labute approximate surface area is 136 Å². The summed E-state index contributed by atoms with van der Waals surface area (Å²) in [6.45, 7) is 0.976. The molecule has 2 aliphatic heterocycles. The number of aliphatic carboxylic acids is 1. The maximum atomic E-state index is 14.1. The van der Waals surface area contributed by atoms with Crippen LogP contribution in [0.25, 0.3) is 0 Å². The molecule has 0 unspecified atom stereocenters. The van der Waals surface area contributed by atoms with Gasteiger partial charge in [0.25, 0.3) is 5.91 Å². The highest BCUT2D eigenvalue weighted by Gasteiger charge is 2.34. The lowest BCUT2D eigenvalue weighted by Crippen LogP contribution is -2.52. The van der Waals surface area contributed by atoms with Crippen molar-refractivity contribution in [3.8, 4) is 0 Å². The molecule has 1 atom stereocenters. The number of carbonyl (C=O) groups excluding carboxylic acids is 2. The largest absolute Gasteiger partial charge is 0.480 e. The van der Waals surface area contributed by atoms with Crippen molar-refractivity contribution >= 4 is 23.6 Å². The van der Waals surface area contributed by atoms with Crippen molar-refractivity contribution in [1.82, 2.24) is 10.2 Å². The van der Waals surface area contributed by atoms with Crippen LogP contribution in [0.5, 0.6) is 0 Å². The quantitative estimate of drug-likeness (QED) is 0.825. The van der Waals surface area contributed by atoms with Crippen molar-refractivity contribution in [2.45, 2.75) is 6.04 Å². The summed E-state index contributed by atoms with van der Waals surface area (Å²) in [5.41, 5.74) is 0.121. The fourth-order valence-electron chi connectivity index (χ4n) is 2.77. The predicted molar refractivity (Wildman–Crippen MR) is 80.4 cm³/mol. The number of rotatable bonds is 3. The highest BCUT2D eigenvalue weighted by atomic mass is 19.1. The van der Waals surface area contributed by atoms with Gasteiger partial charge in [0, 0.05) is 25.3 Å². The van der Waals surface area contributed by atoms with Crippen molar-refractivity contribution in [2.24, 2.45) is 0 Å². The van der Waals surface area contributed by atoms with Gasteiger partial charge in [0.05, 0.1) is 18.8 Å². The smallest absolute Gasteiger partial charge is 0.328 e. The summed E-state index contributed by atoms with van der Waals surface area (Å²) >= 11 is 0. The van der Waals surface area contributed by atoms with Crippen LogP contribution in [0.4, 0.5) is 14.9 Å². The topological polar surface area (TPSA) is 99.2 Å². The molecular weight excluding hydrogens is 321 g/mol. The molecule has 0 bridgehead atoms. The van der Waals surface area contributed by atoms with Gasteiger partial charge >= 0.3 is 12.0 Å². The first kappa shape index (κ1) is 16.2. The summed E-state index contributed by atoms with van der Waals surface area (Å²) in [6.07, 6.45) is 0. The Kier molecular flexibility index (Phi) is 4.34. The van der Waals surface area contributed by atoms with Gasteiger partial charge in [-0.2, -0.15) is 0 Å². The molecule has 3 rings (SSSR count). The molecular formula is C15H16FN3O5. The molecule has 24 heavy (non-hydrogen) atoms. The molecule has 0 saturated carbocycles. The third-order valence-corrected chi connectivity index (χ3v) is 4.02. The number of halogens is 1. The number of carbonyl (C=O) groups is 3. The van der Waals surface area contributed by atoms with E-state index in [1.165, 1.54) is 17.0 Å². The number of morpholine rings is 1. The van der Waals surface area contributed by atoms with Crippen molar-refractivity contribution in [2.75, 3.05) is 37.7 Å². The van der Waals surface area contributed by atoms with Crippen LogP contribution in [-0.2, 0) is 9.53 Å². The summed E-state index contributed by atoms with van der Waals surface area (Å²) in [5, 5.41) is 11.8. The zero-order chi connectivity index (χ0) is 17.3. The molecule has 0 aliphatic carbocycles. The van der Waals surface area contributed by atoms with Crippen LogP contribution in [0.1, 0.15) is 10.4 Å². The third-order valence-electron chi connectivity index (χ3n) is 4.02. The highest BCUT2D eigenvalue weighted by molar-refractivity contribution is 6.00. The number of amides is 3. The minimum atomic E-state index is -1.21. The Hall–Kier alpha value is -2.68. The minimum Gasteiger partial charge on any atom is -0.480 e. The van der Waals surface area contributed by atoms with Gasteiger partial charge in [0.1, 0.15) is 5.82 Å². The number of nitrogens with one attached hydrogen (secondary N) is 1. The van der Waals surface area contributed by atoms with E-state index in [2.05, 4.69) is 5.32 Å². The molecule has 2 fully saturated rings. The van der Waals surface area contributed by atoms with Gasteiger partial charge in [-0.1, -0.05) is 0 Å². The SMILES string of the molecule is O=C(O)[C@@H]1COCCN1C(=O)c1cc(N2CCNC2=O)ccc1F. The number of hydrogen-bond donors (Lipinski definition) is 2. The van der Waals surface area contributed by atoms with Crippen molar-refractivity contribution in [1.29, 1.82) is 0 Å². The summed E-state index contributed by atoms with van der Waals surface area (Å²) in [7, 11) is 0. The number of ether oxygens (including phenoxy) is 1. The fraction of sp³-hybridized carbons (Fsp3) is 0.400. The fourth-order valence-corrected chi connectivity index (χ4v) is 2.77. The first-order chi connectivity index (χ1) is 11.5. The van der Waals surface area contributed by atoms with Gasteiger partial charge in [-0.3, -0.25) is 9.69 Å². The number of carboxylic acid groups (broad SMARTS) is 1. The van der Waals surface area contributed by atoms with E-state index >= 15 is 0 Å². The van der Waals surface area contributed by atoms with Crippen LogP contribution in [0.15, 0.2) is 18.2 Å². The van der Waals surface area contributed by atoms with Crippen molar-refractivity contribution < 1.29 is 28.6 Å². The molecule has 2 heterocycles. The maximum Gasteiger partial charge on any atom is 0.328 e. The number of nitrogens with zero attached hydrogens (tertiary/aromatic N) is 2. The van der Waals surface area contributed by atoms with E-state index in [1.807, 2.05) is 0 Å². The van der Waals surface area contributed by atoms with Crippen LogP contribution in [0, 0.1) is 5.82 Å². The molecule has 128 valence electrons. The van der Waals surface area contributed by atoms with E-state index in [0.29, 0.717) is 18.8 Å². The number of hydrogen-bond acceptors (Lipinski definition) is 4. The standard InChI is InChI=1S/C15H16FN3O5/c16-11-2-1-9(18-4-3-17-15(18)23)7-10(11)13(20)19-5-6-24-8-12(19)14(21)22/h1-2,7,12H,3-6,8H2,(H,17,23)(H,21,22)/t12-/m0/s1. The van der Waals surface area contributed by atoms with E-state index in [0.717, 1.165) is 11.0 Å². The average Bonchev–Trinajstić information content (AvgIpc) is 3.00. The van der Waals surface area contributed by atoms with Gasteiger partial charge in [-0.25, -0.2) is 14.0 Å². The van der Waals surface area contributed by atoms with E-state index in [4.69, 9.17) is 4.74 Å². The highest BCUT2D eigenvalue weighted by Crippen LogP contribution is 2.23. The van der Waals surface area contributed by atoms with Crippen LogP contribution in [0.2, 0.25) is 0 Å². The predicted octanol–water partition coefficient (Wildman–Crippen LogP) is 0.281. The Morgan fingerprint density at radius 2 is 2.12 bits per heavy atom. The van der Waals surface area contributed by atoms with E-state index < -0.39 is 23.7 Å². The second kappa shape index (κ2) is 6.44. The Morgan fingerprint density at radius 1 is 1.33 bits per heavy atom. The summed E-state index contributed by atoms with van der Waals surface area (Å²) < 4.78 is 19.2. The second-order valence-corrected chi connectivity index (χ2v) is 5.48. The van der Waals surface area contributed by atoms with Crippen LogP contribution in [0.3, 0.4) is 0 Å². The zero-order valence-corrected chi connectivity index (χ0v) is 12.7. The molecule has 2 saturated heterocycles. The van der Waals surface area contributed by atoms with Crippen molar-refractivity contribution in [3.63, 3.8) is 0 Å². The molecule has 2 aliphatic rings. The van der Waals surface area contributed by atoms with Crippen LogP contribution < -0.4 is 10.2 Å². The van der Waals surface area contributed by atoms with Gasteiger partial charge < -0.3 is 20.1 Å². The molecule has 0 aromatic heterocycles. The summed E-state index contributed by atoms with van der Waals surface area (Å²) in [6, 6.07) is 2.30. The van der Waals surface area contributed by atoms with E-state index in [1.54, 1.807) is 0 Å². The Morgan fingerprint density at radius 3 is 2.79 bits per heavy atom. The number of anilines is 1. The normalized spacial score (nSPS) is 20.9. The van der Waals surface area contributed by atoms with Crippen LogP contribution in [-0.4, -0.2) is 66.8 Å².